The van der Waals surface area contributed by atoms with Crippen LogP contribution in [-0.4, -0.2) is 30.9 Å². The largest absolute Gasteiger partial charge is 0.416 e. The first-order chi connectivity index (χ1) is 17.5. The molecule has 1 saturated heterocycles. The van der Waals surface area contributed by atoms with E-state index in [1.807, 2.05) is 30.3 Å². The molecule has 10 heteroatoms. The van der Waals surface area contributed by atoms with E-state index in [-0.39, 0.29) is 24.7 Å². The first-order valence-electron chi connectivity index (χ1n) is 11.6. The molecule has 2 atom stereocenters. The fourth-order valence-electron chi connectivity index (χ4n) is 4.31. The van der Waals surface area contributed by atoms with Crippen molar-refractivity contribution >= 4 is 0 Å². The lowest BCUT2D eigenvalue weighted by Crippen LogP contribution is -2.46. The summed E-state index contributed by atoms with van der Waals surface area (Å²) in [6.07, 6.45) is -10.9. The van der Waals surface area contributed by atoms with Crippen molar-refractivity contribution in [1.82, 2.24) is 4.90 Å². The summed E-state index contributed by atoms with van der Waals surface area (Å²) >= 11 is 0. The van der Waals surface area contributed by atoms with E-state index >= 15 is 0 Å². The standard InChI is InChI=1S/C27H24F7NO2/c28-23-8-6-20(7-9-23)24-25(37-13-11-35(24)17-18-4-2-1-3-5-18)36-12-10-19-14-21(26(29,30)31)16-22(15-19)27(32,33)34/h1-9,14-16,24-25H,10-13,17H2/t24-,25+/m1/s1. The van der Waals surface area contributed by atoms with Gasteiger partial charge in [0, 0.05) is 13.1 Å². The van der Waals surface area contributed by atoms with Gasteiger partial charge in [-0.05, 0) is 53.4 Å². The minimum atomic E-state index is -4.92. The van der Waals surface area contributed by atoms with Gasteiger partial charge in [0.15, 0.2) is 6.29 Å². The minimum absolute atomic E-state index is 0.0978. The zero-order valence-corrected chi connectivity index (χ0v) is 19.5. The highest BCUT2D eigenvalue weighted by atomic mass is 19.4. The molecule has 0 amide bonds. The topological polar surface area (TPSA) is 21.7 Å². The summed E-state index contributed by atoms with van der Waals surface area (Å²) in [6.45, 7) is 1.20. The number of rotatable bonds is 7. The summed E-state index contributed by atoms with van der Waals surface area (Å²) in [5, 5.41) is 0. The van der Waals surface area contributed by atoms with Gasteiger partial charge < -0.3 is 9.47 Å². The average Bonchev–Trinajstić information content (AvgIpc) is 2.84. The van der Waals surface area contributed by atoms with Crippen molar-refractivity contribution in [2.75, 3.05) is 19.8 Å². The Morgan fingerprint density at radius 1 is 0.811 bits per heavy atom. The van der Waals surface area contributed by atoms with Gasteiger partial charge in [-0.3, -0.25) is 4.90 Å². The number of hydrogen-bond acceptors (Lipinski definition) is 3. The minimum Gasteiger partial charge on any atom is -0.350 e. The van der Waals surface area contributed by atoms with E-state index in [0.717, 1.165) is 5.56 Å². The predicted molar refractivity (Wildman–Crippen MR) is 122 cm³/mol. The Morgan fingerprint density at radius 3 is 2.03 bits per heavy atom. The second kappa shape index (κ2) is 11.2. The lowest BCUT2D eigenvalue weighted by Gasteiger charge is -2.41. The van der Waals surface area contributed by atoms with Gasteiger partial charge in [-0.25, -0.2) is 4.39 Å². The quantitative estimate of drug-likeness (QED) is 0.308. The van der Waals surface area contributed by atoms with Gasteiger partial charge >= 0.3 is 12.4 Å². The van der Waals surface area contributed by atoms with Gasteiger partial charge in [0.05, 0.1) is 30.4 Å². The van der Waals surface area contributed by atoms with Gasteiger partial charge in [0.2, 0.25) is 0 Å². The monoisotopic (exact) mass is 527 g/mol. The van der Waals surface area contributed by atoms with Crippen LogP contribution in [0.1, 0.15) is 33.9 Å². The van der Waals surface area contributed by atoms with Gasteiger partial charge in [-0.1, -0.05) is 42.5 Å². The summed E-state index contributed by atoms with van der Waals surface area (Å²) in [5.41, 5.74) is -1.16. The van der Waals surface area contributed by atoms with Crippen molar-refractivity contribution in [3.63, 3.8) is 0 Å². The van der Waals surface area contributed by atoms with Gasteiger partial charge in [0.1, 0.15) is 5.82 Å². The SMILES string of the molecule is Fc1ccc([C@@H]2[C@@H](OCCc3cc(C(F)(F)F)cc(C(F)(F)F)c3)OCCN2Cc2ccccc2)cc1. The molecule has 0 N–H and O–H groups in total. The van der Waals surface area contributed by atoms with Crippen LogP contribution in [0.5, 0.6) is 0 Å². The molecule has 1 aliphatic heterocycles. The number of alkyl halides is 6. The summed E-state index contributed by atoms with van der Waals surface area (Å²) in [7, 11) is 0. The summed E-state index contributed by atoms with van der Waals surface area (Å²) in [4.78, 5) is 2.09. The summed E-state index contributed by atoms with van der Waals surface area (Å²) < 4.78 is 104. The highest BCUT2D eigenvalue weighted by molar-refractivity contribution is 5.34. The van der Waals surface area contributed by atoms with E-state index in [1.54, 1.807) is 12.1 Å². The Hall–Kier alpha value is -2.95. The smallest absolute Gasteiger partial charge is 0.350 e. The maximum atomic E-state index is 13.6. The Labute approximate surface area is 209 Å². The molecule has 3 aromatic carbocycles. The lowest BCUT2D eigenvalue weighted by atomic mass is 10.0. The first-order valence-corrected chi connectivity index (χ1v) is 11.6. The molecule has 0 bridgehead atoms. The molecule has 0 spiro atoms. The maximum absolute atomic E-state index is 13.6. The maximum Gasteiger partial charge on any atom is 0.416 e. The molecule has 4 rings (SSSR count). The number of benzene rings is 3. The van der Waals surface area contributed by atoms with Crippen LogP contribution in [0.3, 0.4) is 0 Å². The molecule has 0 radical (unpaired) electrons. The van der Waals surface area contributed by atoms with E-state index in [9.17, 15) is 30.7 Å². The Morgan fingerprint density at radius 2 is 1.43 bits per heavy atom. The lowest BCUT2D eigenvalue weighted by molar-refractivity contribution is -0.212. The molecule has 198 valence electrons. The summed E-state index contributed by atoms with van der Waals surface area (Å²) in [5.74, 6) is -0.419. The van der Waals surface area contributed by atoms with Crippen LogP contribution < -0.4 is 0 Å². The second-order valence-corrected chi connectivity index (χ2v) is 8.73. The molecule has 1 heterocycles. The Kier molecular flexibility index (Phi) is 8.20. The second-order valence-electron chi connectivity index (χ2n) is 8.73. The zero-order chi connectivity index (χ0) is 26.6. The van der Waals surface area contributed by atoms with Gasteiger partial charge in [-0.15, -0.1) is 0 Å². The molecule has 0 aliphatic carbocycles. The number of halogens is 7. The number of nitrogens with zero attached hydrogens (tertiary/aromatic N) is 1. The molecule has 3 aromatic rings. The molecule has 1 fully saturated rings. The van der Waals surface area contributed by atoms with E-state index in [0.29, 0.717) is 37.4 Å². The molecular weight excluding hydrogens is 503 g/mol. The van der Waals surface area contributed by atoms with Crippen LogP contribution in [0, 0.1) is 5.82 Å². The third-order valence-corrected chi connectivity index (χ3v) is 6.07. The van der Waals surface area contributed by atoms with E-state index in [1.165, 1.54) is 12.1 Å². The van der Waals surface area contributed by atoms with Crippen LogP contribution in [0.4, 0.5) is 30.7 Å². The molecule has 0 saturated carbocycles. The van der Waals surface area contributed by atoms with Crippen molar-refractivity contribution in [3.8, 4) is 0 Å². The average molecular weight is 527 g/mol. The first kappa shape index (κ1) is 27.1. The van der Waals surface area contributed by atoms with Gasteiger partial charge in [-0.2, -0.15) is 26.3 Å². The van der Waals surface area contributed by atoms with Crippen LogP contribution in [-0.2, 0) is 34.8 Å². The predicted octanol–water partition coefficient (Wildman–Crippen LogP) is 7.02. The normalized spacial score (nSPS) is 19.2. The van der Waals surface area contributed by atoms with Crippen molar-refractivity contribution in [2.45, 2.75) is 37.7 Å². The third-order valence-electron chi connectivity index (χ3n) is 6.07. The molecule has 37 heavy (non-hydrogen) atoms. The van der Waals surface area contributed by atoms with Crippen molar-refractivity contribution < 1.29 is 40.2 Å². The highest BCUT2D eigenvalue weighted by Crippen LogP contribution is 2.37. The fraction of sp³-hybridized carbons (Fsp3) is 0.333. The zero-order valence-electron chi connectivity index (χ0n) is 19.5. The van der Waals surface area contributed by atoms with Crippen molar-refractivity contribution in [3.05, 3.63) is 106 Å². The molecule has 0 aromatic heterocycles. The van der Waals surface area contributed by atoms with Crippen LogP contribution in [0.25, 0.3) is 0 Å². The number of morpholine rings is 1. The van der Waals surface area contributed by atoms with E-state index in [4.69, 9.17) is 9.47 Å². The van der Waals surface area contributed by atoms with E-state index < -0.39 is 41.6 Å². The molecular formula is C27H24F7NO2. The van der Waals surface area contributed by atoms with Crippen molar-refractivity contribution in [1.29, 1.82) is 0 Å². The van der Waals surface area contributed by atoms with Crippen LogP contribution >= 0.6 is 0 Å². The van der Waals surface area contributed by atoms with Crippen molar-refractivity contribution in [2.24, 2.45) is 0 Å². The Balaban J connectivity index is 1.53. The third kappa shape index (κ3) is 7.09. The fourth-order valence-corrected chi connectivity index (χ4v) is 4.31. The molecule has 1 aliphatic rings. The van der Waals surface area contributed by atoms with Gasteiger partial charge in [0.25, 0.3) is 0 Å². The molecule has 0 unspecified atom stereocenters. The number of ether oxygens (including phenoxy) is 2. The number of hydrogen-bond donors (Lipinski definition) is 0. The molecule has 3 nitrogen and oxygen atoms in total. The van der Waals surface area contributed by atoms with E-state index in [2.05, 4.69) is 4.90 Å². The van der Waals surface area contributed by atoms with Crippen LogP contribution in [0.15, 0.2) is 72.8 Å². The van der Waals surface area contributed by atoms with Crippen LogP contribution in [0.2, 0.25) is 0 Å². The Bertz CT molecular complexity index is 1130. The summed E-state index contributed by atoms with van der Waals surface area (Å²) in [6, 6.07) is 16.5. The highest BCUT2D eigenvalue weighted by Gasteiger charge is 2.37.